The van der Waals surface area contributed by atoms with Crippen LogP contribution < -0.4 is 10.6 Å². The molecule has 1 atom stereocenters. The van der Waals surface area contributed by atoms with Gasteiger partial charge in [0, 0.05) is 45.1 Å². The molecule has 1 amide bonds. The lowest BCUT2D eigenvalue weighted by molar-refractivity contribution is -0.127. The van der Waals surface area contributed by atoms with Crippen LogP contribution in [0.2, 0.25) is 0 Å². The molecular formula is C24H38N4O. The fourth-order valence-corrected chi connectivity index (χ4v) is 4.56. The average Bonchev–Trinajstić information content (AvgIpc) is 3.38. The first-order valence-electron chi connectivity index (χ1n) is 11.6. The van der Waals surface area contributed by atoms with Gasteiger partial charge in [-0.05, 0) is 37.7 Å². The molecule has 29 heavy (non-hydrogen) atoms. The fourth-order valence-electron chi connectivity index (χ4n) is 4.56. The van der Waals surface area contributed by atoms with Crippen LogP contribution in [0, 0.1) is 11.8 Å². The Bertz CT molecular complexity index is 640. The molecule has 2 aliphatic rings. The van der Waals surface area contributed by atoms with Crippen molar-refractivity contribution in [2.45, 2.75) is 58.3 Å². The van der Waals surface area contributed by atoms with Crippen molar-refractivity contribution in [3.63, 3.8) is 0 Å². The van der Waals surface area contributed by atoms with Gasteiger partial charge in [-0.2, -0.15) is 0 Å². The van der Waals surface area contributed by atoms with E-state index in [1.165, 1.54) is 44.1 Å². The molecule has 1 aliphatic heterocycles. The first-order chi connectivity index (χ1) is 14.2. The van der Waals surface area contributed by atoms with Crippen LogP contribution in [0.4, 0.5) is 0 Å². The molecule has 3 rings (SSSR count). The second kappa shape index (κ2) is 11.8. The highest BCUT2D eigenvalue weighted by Crippen LogP contribution is 2.28. The number of hydrogen-bond donors (Lipinski definition) is 2. The second-order valence-electron chi connectivity index (χ2n) is 8.58. The van der Waals surface area contributed by atoms with Crippen LogP contribution >= 0.6 is 0 Å². The number of nitrogens with zero attached hydrogens (tertiary/aromatic N) is 2. The number of aliphatic imine (C=N–C) groups is 1. The maximum absolute atomic E-state index is 12.4. The van der Waals surface area contributed by atoms with Crippen molar-refractivity contribution < 1.29 is 4.79 Å². The Hall–Kier alpha value is -2.04. The van der Waals surface area contributed by atoms with E-state index < -0.39 is 0 Å². The predicted octanol–water partition coefficient (Wildman–Crippen LogP) is 3.60. The van der Waals surface area contributed by atoms with E-state index in [1.54, 1.807) is 0 Å². The standard InChI is InChI=1S/C24H38N4O/c1-2-25-24(26-15-8-13-20-11-6-7-12-20)27-18-22-17-23(29)28(19-22)16-14-21-9-4-3-5-10-21/h3-5,9-10,20,22H,2,6-8,11-19H2,1H3,(H2,25,26,27). The number of likely N-dealkylation sites (tertiary alicyclic amines) is 1. The maximum Gasteiger partial charge on any atom is 0.223 e. The number of hydrogen-bond acceptors (Lipinski definition) is 2. The van der Waals surface area contributed by atoms with Gasteiger partial charge in [-0.25, -0.2) is 0 Å². The summed E-state index contributed by atoms with van der Waals surface area (Å²) in [5.41, 5.74) is 1.29. The molecule has 1 aromatic rings. The van der Waals surface area contributed by atoms with E-state index >= 15 is 0 Å². The van der Waals surface area contributed by atoms with Crippen LogP contribution in [-0.2, 0) is 11.2 Å². The summed E-state index contributed by atoms with van der Waals surface area (Å²) in [6, 6.07) is 10.4. The third-order valence-corrected chi connectivity index (χ3v) is 6.22. The summed E-state index contributed by atoms with van der Waals surface area (Å²) in [7, 11) is 0. The van der Waals surface area contributed by atoms with E-state index in [4.69, 9.17) is 4.99 Å². The van der Waals surface area contributed by atoms with Crippen molar-refractivity contribution in [1.82, 2.24) is 15.5 Å². The zero-order valence-corrected chi connectivity index (χ0v) is 18.0. The van der Waals surface area contributed by atoms with Crippen LogP contribution in [0.25, 0.3) is 0 Å². The van der Waals surface area contributed by atoms with E-state index in [-0.39, 0.29) is 5.91 Å². The lowest BCUT2D eigenvalue weighted by atomic mass is 10.0. The van der Waals surface area contributed by atoms with Crippen LogP contribution in [-0.4, -0.2) is 49.5 Å². The summed E-state index contributed by atoms with van der Waals surface area (Å²) in [4.78, 5) is 19.1. The molecule has 160 valence electrons. The quantitative estimate of drug-likeness (QED) is 0.360. The molecule has 1 saturated carbocycles. The summed E-state index contributed by atoms with van der Waals surface area (Å²) in [5.74, 6) is 2.44. The second-order valence-corrected chi connectivity index (χ2v) is 8.58. The summed E-state index contributed by atoms with van der Waals surface area (Å²) in [6.07, 6.45) is 9.78. The van der Waals surface area contributed by atoms with Crippen molar-refractivity contribution in [2.75, 3.05) is 32.7 Å². The third-order valence-electron chi connectivity index (χ3n) is 6.22. The van der Waals surface area contributed by atoms with Gasteiger partial charge in [0.2, 0.25) is 5.91 Å². The predicted molar refractivity (Wildman–Crippen MR) is 120 cm³/mol. The third kappa shape index (κ3) is 7.37. The lowest BCUT2D eigenvalue weighted by Crippen LogP contribution is -2.38. The number of carbonyl (C=O) groups is 1. The minimum Gasteiger partial charge on any atom is -0.357 e. The number of carbonyl (C=O) groups excluding carboxylic acids is 1. The molecule has 2 fully saturated rings. The first kappa shape index (κ1) is 21.7. The smallest absolute Gasteiger partial charge is 0.223 e. The lowest BCUT2D eigenvalue weighted by Gasteiger charge is -2.17. The highest BCUT2D eigenvalue weighted by atomic mass is 16.2. The molecule has 1 saturated heterocycles. The normalized spacial score (nSPS) is 20.4. The van der Waals surface area contributed by atoms with Crippen LogP contribution in [0.15, 0.2) is 35.3 Å². The van der Waals surface area contributed by atoms with Gasteiger partial charge in [0.25, 0.3) is 0 Å². The van der Waals surface area contributed by atoms with Crippen molar-refractivity contribution in [3.8, 4) is 0 Å². The molecule has 1 aromatic carbocycles. The van der Waals surface area contributed by atoms with Gasteiger partial charge >= 0.3 is 0 Å². The van der Waals surface area contributed by atoms with Gasteiger partial charge in [0.15, 0.2) is 5.96 Å². The number of amides is 1. The summed E-state index contributed by atoms with van der Waals surface area (Å²) >= 11 is 0. The highest BCUT2D eigenvalue weighted by molar-refractivity contribution is 5.80. The van der Waals surface area contributed by atoms with E-state index in [9.17, 15) is 4.79 Å². The Balaban J connectivity index is 1.38. The van der Waals surface area contributed by atoms with E-state index in [2.05, 4.69) is 41.8 Å². The van der Waals surface area contributed by atoms with E-state index in [1.807, 2.05) is 11.0 Å². The summed E-state index contributed by atoms with van der Waals surface area (Å²) < 4.78 is 0. The number of rotatable bonds is 10. The molecule has 1 unspecified atom stereocenters. The monoisotopic (exact) mass is 398 g/mol. The number of benzene rings is 1. The Morgan fingerprint density at radius 2 is 1.93 bits per heavy atom. The SMILES string of the molecule is CCNC(=NCC1CC(=O)N(CCc2ccccc2)C1)NCCCC1CCCC1. The maximum atomic E-state index is 12.4. The number of nitrogens with one attached hydrogen (secondary N) is 2. The minimum atomic E-state index is 0.274. The largest absolute Gasteiger partial charge is 0.357 e. The molecule has 5 nitrogen and oxygen atoms in total. The molecule has 2 N–H and O–H groups in total. The van der Waals surface area contributed by atoms with Crippen molar-refractivity contribution in [2.24, 2.45) is 16.8 Å². The van der Waals surface area contributed by atoms with Gasteiger partial charge in [0.05, 0.1) is 0 Å². The van der Waals surface area contributed by atoms with Gasteiger partial charge in [-0.1, -0.05) is 56.0 Å². The van der Waals surface area contributed by atoms with E-state index in [0.29, 0.717) is 18.9 Å². The molecule has 0 aromatic heterocycles. The van der Waals surface area contributed by atoms with Crippen molar-refractivity contribution in [1.29, 1.82) is 0 Å². The van der Waals surface area contributed by atoms with Crippen LogP contribution in [0.5, 0.6) is 0 Å². The average molecular weight is 399 g/mol. The molecule has 5 heteroatoms. The Morgan fingerprint density at radius 1 is 1.14 bits per heavy atom. The molecular weight excluding hydrogens is 360 g/mol. The molecule has 1 heterocycles. The van der Waals surface area contributed by atoms with Crippen molar-refractivity contribution >= 4 is 11.9 Å². The Labute approximate surface area is 176 Å². The highest BCUT2D eigenvalue weighted by Gasteiger charge is 2.29. The summed E-state index contributed by atoms with van der Waals surface area (Å²) in [5, 5.41) is 6.82. The minimum absolute atomic E-state index is 0.274. The summed E-state index contributed by atoms with van der Waals surface area (Å²) in [6.45, 7) is 6.29. The van der Waals surface area contributed by atoms with Gasteiger partial charge in [0.1, 0.15) is 0 Å². The zero-order valence-electron chi connectivity index (χ0n) is 18.0. The van der Waals surface area contributed by atoms with Gasteiger partial charge in [-0.3, -0.25) is 9.79 Å². The fraction of sp³-hybridized carbons (Fsp3) is 0.667. The topological polar surface area (TPSA) is 56.7 Å². The van der Waals surface area contributed by atoms with Crippen LogP contribution in [0.1, 0.15) is 57.4 Å². The van der Waals surface area contributed by atoms with Gasteiger partial charge < -0.3 is 15.5 Å². The molecule has 0 bridgehead atoms. The Morgan fingerprint density at radius 3 is 2.69 bits per heavy atom. The number of guanidine groups is 1. The zero-order chi connectivity index (χ0) is 20.3. The first-order valence-corrected chi connectivity index (χ1v) is 11.6. The van der Waals surface area contributed by atoms with Gasteiger partial charge in [-0.15, -0.1) is 0 Å². The molecule has 0 spiro atoms. The molecule has 0 radical (unpaired) electrons. The molecule has 1 aliphatic carbocycles. The van der Waals surface area contributed by atoms with E-state index in [0.717, 1.165) is 44.5 Å². The Kier molecular flexibility index (Phi) is 8.84. The van der Waals surface area contributed by atoms with Crippen LogP contribution in [0.3, 0.4) is 0 Å². The van der Waals surface area contributed by atoms with Crippen molar-refractivity contribution in [3.05, 3.63) is 35.9 Å².